The number of fused-ring (bicyclic) bond motifs is 1. The molecule has 136 valence electrons. The normalized spacial score (nSPS) is 16.9. The highest BCUT2D eigenvalue weighted by Crippen LogP contribution is 2.47. The number of halogens is 2. The minimum atomic E-state index is -0.527. The highest BCUT2D eigenvalue weighted by Gasteiger charge is 2.29. The number of nitrogens with zero attached hydrogens (tertiary/aromatic N) is 1. The first-order valence-corrected chi connectivity index (χ1v) is 9.27. The topological polar surface area (TPSA) is 82.1 Å². The van der Waals surface area contributed by atoms with Crippen LogP contribution in [0.15, 0.2) is 40.9 Å². The maximum Gasteiger partial charge on any atom is 0.148 e. The van der Waals surface area contributed by atoms with Crippen molar-refractivity contribution in [3.8, 4) is 5.75 Å². The molecule has 0 heterocycles. The lowest BCUT2D eigenvalue weighted by Crippen LogP contribution is -2.34. The predicted octanol–water partition coefficient (Wildman–Crippen LogP) is 4.85. The number of nitrogens with one attached hydrogen (secondary N) is 2. The first-order chi connectivity index (χ1) is 12.1. The molecule has 1 unspecified atom stereocenters. The van der Waals surface area contributed by atoms with Crippen LogP contribution >= 0.6 is 27.5 Å². The first kappa shape index (κ1) is 18.8. The summed E-state index contributed by atoms with van der Waals surface area (Å²) in [5.41, 5.74) is 10.1. The third-order valence-electron chi connectivity index (χ3n) is 4.32. The number of quaternary nitrogens is 1. The third kappa shape index (κ3) is 3.32. The molecule has 0 bridgehead atoms. The Balaban J connectivity index is 2.06. The van der Waals surface area contributed by atoms with Crippen molar-refractivity contribution in [2.45, 2.75) is 5.38 Å². The Labute approximate surface area is 166 Å². The monoisotopic (exact) mass is 435 g/mol. The van der Waals surface area contributed by atoms with Gasteiger partial charge in [0.25, 0.3) is 0 Å². The molecule has 1 aliphatic carbocycles. The van der Waals surface area contributed by atoms with Crippen LogP contribution in [0.1, 0.15) is 16.5 Å². The summed E-state index contributed by atoms with van der Waals surface area (Å²) in [7, 11) is 6.25. The number of nitrogens with two attached hydrogens (primary N) is 1. The summed E-state index contributed by atoms with van der Waals surface area (Å²) in [5.74, 6) is -0.0308. The first-order valence-electron chi connectivity index (χ1n) is 8.04. The molecule has 26 heavy (non-hydrogen) atoms. The number of hydrogen-bond acceptors (Lipinski definition) is 4. The Morgan fingerprint density at radius 1 is 1.27 bits per heavy atom. The molecule has 0 saturated heterocycles. The van der Waals surface area contributed by atoms with Gasteiger partial charge >= 0.3 is 0 Å². The lowest BCUT2D eigenvalue weighted by molar-refractivity contribution is 0.476. The maximum absolute atomic E-state index is 10.8. The molecule has 2 aromatic carbocycles. The van der Waals surface area contributed by atoms with E-state index in [0.29, 0.717) is 31.5 Å². The van der Waals surface area contributed by atoms with Crippen molar-refractivity contribution in [1.82, 2.24) is 4.48 Å². The molecule has 0 aliphatic heterocycles. The van der Waals surface area contributed by atoms with Gasteiger partial charge in [0.1, 0.15) is 11.4 Å². The van der Waals surface area contributed by atoms with E-state index in [9.17, 15) is 5.11 Å². The summed E-state index contributed by atoms with van der Waals surface area (Å²) in [5, 5.41) is 21.7. The summed E-state index contributed by atoms with van der Waals surface area (Å²) in [6.45, 7) is 0. The average molecular weight is 437 g/mol. The predicted molar refractivity (Wildman–Crippen MR) is 114 cm³/mol. The summed E-state index contributed by atoms with van der Waals surface area (Å²) in [6.07, 6.45) is 1.58. The van der Waals surface area contributed by atoms with Gasteiger partial charge < -0.3 is 21.6 Å². The van der Waals surface area contributed by atoms with Crippen molar-refractivity contribution in [1.29, 1.82) is 5.41 Å². The lowest BCUT2D eigenvalue weighted by atomic mass is 9.91. The Morgan fingerprint density at radius 2 is 1.96 bits per heavy atom. The zero-order valence-corrected chi connectivity index (χ0v) is 17.1. The molecule has 0 aromatic heterocycles. The number of aromatic hydroxyl groups is 1. The minimum absolute atomic E-state index is 0.0308. The number of hydrogen-bond donors (Lipinski definition) is 4. The second-order valence-corrected chi connectivity index (χ2v) is 8.50. The van der Waals surface area contributed by atoms with Crippen LogP contribution in [0, 0.1) is 5.41 Å². The van der Waals surface area contributed by atoms with E-state index in [1.54, 1.807) is 12.1 Å². The maximum atomic E-state index is 10.8. The van der Waals surface area contributed by atoms with E-state index in [4.69, 9.17) is 22.7 Å². The van der Waals surface area contributed by atoms with Crippen LogP contribution in [0.3, 0.4) is 0 Å². The molecule has 0 amide bonds. The van der Waals surface area contributed by atoms with Gasteiger partial charge in [0.15, 0.2) is 0 Å². The van der Waals surface area contributed by atoms with Crippen LogP contribution < -0.4 is 15.5 Å². The molecule has 3 rings (SSSR count). The molecule has 0 spiro atoms. The molecule has 7 heteroatoms. The van der Waals surface area contributed by atoms with Crippen molar-refractivity contribution < 1.29 is 5.11 Å². The van der Waals surface area contributed by atoms with E-state index >= 15 is 0 Å². The molecular formula is C19H21BrClN4O+. The smallest absolute Gasteiger partial charge is 0.148 e. The molecule has 0 fully saturated rings. The van der Waals surface area contributed by atoms with Crippen molar-refractivity contribution in [2.75, 3.05) is 32.2 Å². The Morgan fingerprint density at radius 3 is 2.62 bits per heavy atom. The summed E-state index contributed by atoms with van der Waals surface area (Å²) < 4.78 is 1.32. The number of phenolic OH excluding ortho intramolecular Hbond substituents is 1. The van der Waals surface area contributed by atoms with Gasteiger partial charge in [-0.2, -0.15) is 0 Å². The van der Waals surface area contributed by atoms with Crippen LogP contribution in [0.2, 0.25) is 0 Å². The fraction of sp³-hybridized carbons (Fsp3) is 0.211. The molecular weight excluding hydrogens is 416 g/mol. The zero-order valence-electron chi connectivity index (χ0n) is 14.8. The fourth-order valence-electron chi connectivity index (χ4n) is 2.93. The largest absolute Gasteiger partial charge is 0.505 e. The number of nitrogen functional groups attached to an aromatic ring is 1. The summed E-state index contributed by atoms with van der Waals surface area (Å²) in [4.78, 5) is 0. The quantitative estimate of drug-likeness (QED) is 0.182. The number of rotatable bonds is 3. The van der Waals surface area contributed by atoms with E-state index in [0.717, 1.165) is 11.4 Å². The second-order valence-electron chi connectivity index (χ2n) is 7.14. The van der Waals surface area contributed by atoms with Gasteiger partial charge in [0, 0.05) is 27.5 Å². The summed E-state index contributed by atoms with van der Waals surface area (Å²) in [6, 6.07) is 9.59. The van der Waals surface area contributed by atoms with Crippen molar-refractivity contribution in [2.24, 2.45) is 0 Å². The molecule has 0 radical (unpaired) electrons. The zero-order chi connectivity index (χ0) is 19.2. The number of alkyl halides is 1. The number of benzene rings is 2. The number of phenols is 1. The summed E-state index contributed by atoms with van der Waals surface area (Å²) >= 11 is 9.75. The van der Waals surface area contributed by atoms with Crippen LogP contribution in [0.4, 0.5) is 22.7 Å². The Kier molecular flexibility index (Phi) is 4.77. The van der Waals surface area contributed by atoms with Gasteiger partial charge in [0.2, 0.25) is 0 Å². The van der Waals surface area contributed by atoms with Gasteiger partial charge in [-0.25, -0.2) is 0 Å². The molecule has 0 saturated carbocycles. The molecule has 5 N–H and O–H groups in total. The molecule has 5 nitrogen and oxygen atoms in total. The standard InChI is InChI=1S/C19H20BrClN4O/c1-25(2,3)11-6-4-5-10(7-11)24-15-9-14(23)16-17(19(15)26)13(22)8-12(20)18(16)21/h4-9,18,24H,23H2,1-3H3,(H-,22,26)/p+1. The molecule has 1 atom stereocenters. The lowest BCUT2D eigenvalue weighted by Gasteiger charge is -2.25. The third-order valence-corrected chi connectivity index (χ3v) is 5.72. The average Bonchev–Trinajstić information content (AvgIpc) is 2.55. The van der Waals surface area contributed by atoms with Gasteiger partial charge in [-0.3, -0.25) is 4.48 Å². The van der Waals surface area contributed by atoms with Gasteiger partial charge in [0.05, 0.1) is 43.5 Å². The Hall–Kier alpha value is -2.02. The van der Waals surface area contributed by atoms with Gasteiger partial charge in [-0.15, -0.1) is 11.6 Å². The second kappa shape index (κ2) is 6.61. The highest BCUT2D eigenvalue weighted by molar-refractivity contribution is 9.11. The van der Waals surface area contributed by atoms with E-state index < -0.39 is 5.38 Å². The van der Waals surface area contributed by atoms with E-state index in [-0.39, 0.29) is 11.5 Å². The van der Waals surface area contributed by atoms with Gasteiger partial charge in [-0.1, -0.05) is 22.0 Å². The molecule has 2 aromatic rings. The van der Waals surface area contributed by atoms with E-state index in [1.165, 1.54) is 0 Å². The SMILES string of the molecule is C[N+](C)(C)c1cccc(Nc2cc(N)c3c(c2O)C(=N)C=C(Br)C3Cl)c1. The fourth-order valence-corrected chi connectivity index (χ4v) is 3.68. The molecule has 1 aliphatic rings. The van der Waals surface area contributed by atoms with E-state index in [1.807, 2.05) is 24.3 Å². The van der Waals surface area contributed by atoms with Crippen molar-refractivity contribution >= 4 is 56.0 Å². The Bertz CT molecular complexity index is 934. The van der Waals surface area contributed by atoms with E-state index in [2.05, 4.69) is 42.4 Å². The van der Waals surface area contributed by atoms with Crippen LogP contribution in [-0.2, 0) is 0 Å². The van der Waals surface area contributed by atoms with Crippen molar-refractivity contribution in [3.63, 3.8) is 0 Å². The van der Waals surface area contributed by atoms with Crippen LogP contribution in [-0.4, -0.2) is 32.0 Å². The van der Waals surface area contributed by atoms with Crippen molar-refractivity contribution in [3.05, 3.63) is 52.0 Å². The van der Waals surface area contributed by atoms with Crippen LogP contribution in [0.25, 0.3) is 0 Å². The highest BCUT2D eigenvalue weighted by atomic mass is 79.9. The number of anilines is 3. The number of allylic oxidation sites excluding steroid dienone is 2. The van der Waals surface area contributed by atoms with Gasteiger partial charge in [-0.05, 0) is 24.3 Å². The van der Waals surface area contributed by atoms with Crippen LogP contribution in [0.5, 0.6) is 5.75 Å². The minimum Gasteiger partial charge on any atom is -0.505 e.